The number of halogens is 4. The molecule has 174 valence electrons. The van der Waals surface area contributed by atoms with Crippen LogP contribution < -0.4 is 10.5 Å². The van der Waals surface area contributed by atoms with E-state index in [1.165, 1.54) is 6.42 Å². The van der Waals surface area contributed by atoms with Gasteiger partial charge in [0.05, 0.1) is 19.4 Å². The first-order valence-corrected chi connectivity index (χ1v) is 9.33. The number of aliphatic hydroxyl groups is 1. The number of hydrogen-bond donors (Lipinski definition) is 2. The van der Waals surface area contributed by atoms with Crippen LogP contribution in [0, 0.1) is 11.3 Å². The fraction of sp³-hybridized carbons (Fsp3) is 0.400. The molecule has 0 radical (unpaired) electrons. The van der Waals surface area contributed by atoms with Crippen LogP contribution in [-0.4, -0.2) is 46.3 Å². The van der Waals surface area contributed by atoms with Crippen molar-refractivity contribution < 1.29 is 27.4 Å². The number of hydrogen-bond acceptors (Lipinski definition) is 7. The third-order valence-electron chi connectivity index (χ3n) is 3.98. The summed E-state index contributed by atoms with van der Waals surface area (Å²) in [5.74, 6) is -1.39. The van der Waals surface area contributed by atoms with Crippen molar-refractivity contribution in [3.05, 3.63) is 41.1 Å². The number of nitriles is 1. The number of aliphatic imine (C=N–C) groups is 1. The molecule has 2 rings (SSSR count). The minimum absolute atomic E-state index is 0.00386. The van der Waals surface area contributed by atoms with Crippen LogP contribution in [-0.2, 0) is 5.60 Å². The van der Waals surface area contributed by atoms with Gasteiger partial charge in [-0.2, -0.15) is 23.5 Å². The summed E-state index contributed by atoms with van der Waals surface area (Å²) in [6.07, 6.45) is -1.91. The maximum atomic E-state index is 14.6. The lowest BCUT2D eigenvalue weighted by Crippen LogP contribution is -2.40. The van der Waals surface area contributed by atoms with Gasteiger partial charge in [0.1, 0.15) is 22.8 Å². The summed E-state index contributed by atoms with van der Waals surface area (Å²) in [7, 11) is 1.10. The van der Waals surface area contributed by atoms with Gasteiger partial charge in [-0.25, -0.2) is 13.9 Å². The number of aromatic nitrogens is 3. The van der Waals surface area contributed by atoms with Gasteiger partial charge < -0.3 is 15.6 Å². The molecule has 3 N–H and O–H groups in total. The number of rotatable bonds is 6. The molecule has 12 heteroatoms. The lowest BCUT2D eigenvalue weighted by Gasteiger charge is -2.26. The highest BCUT2D eigenvalue weighted by Gasteiger charge is 2.54. The topological polar surface area (TPSA) is 122 Å². The predicted octanol–water partition coefficient (Wildman–Crippen LogP) is 3.67. The molecule has 0 aromatic carbocycles. The number of alkyl halides is 3. The molecule has 2 heterocycles. The first-order chi connectivity index (χ1) is 14.9. The highest BCUT2D eigenvalue weighted by Crippen LogP contribution is 2.41. The van der Waals surface area contributed by atoms with E-state index in [0.29, 0.717) is 6.92 Å². The molecule has 0 saturated carbocycles. The number of methoxy groups -OCH3 is 1. The summed E-state index contributed by atoms with van der Waals surface area (Å²) < 4.78 is 60.3. The van der Waals surface area contributed by atoms with E-state index in [9.17, 15) is 22.7 Å². The summed E-state index contributed by atoms with van der Waals surface area (Å²) >= 11 is 0. The average Bonchev–Trinajstić information content (AvgIpc) is 3.14. The zero-order chi connectivity index (χ0) is 24.7. The fourth-order valence-corrected chi connectivity index (χ4v) is 2.32. The number of imidazole rings is 1. The third kappa shape index (κ3) is 5.49. The molecule has 0 spiro atoms. The Morgan fingerprint density at radius 1 is 1.44 bits per heavy atom. The standard InChI is InChI=1S/C17H16F4N6O2.C3H8/c1-16(28,17(19,20)21)15-12(29-3)5-13-25-8-11(27(13)26-15)14(24-2)10(18)4-9(6-22)7-23;1-3-2/h4-5,8,28H,2,6,22H2,1,3H3;3H2,1-2H3/b9-4+,14-10+;. The summed E-state index contributed by atoms with van der Waals surface area (Å²) in [6, 6.07) is 2.79. The van der Waals surface area contributed by atoms with Crippen molar-refractivity contribution in [1.29, 1.82) is 5.26 Å². The Kier molecular flexibility index (Phi) is 9.05. The Balaban J connectivity index is 0.00000161. The number of nitrogens with zero attached hydrogens (tertiary/aromatic N) is 5. The van der Waals surface area contributed by atoms with Gasteiger partial charge >= 0.3 is 6.18 Å². The number of fused-ring (bicyclic) bond motifs is 1. The van der Waals surface area contributed by atoms with E-state index in [-0.39, 0.29) is 29.2 Å². The smallest absolute Gasteiger partial charge is 0.422 e. The van der Waals surface area contributed by atoms with Crippen LogP contribution in [0.2, 0.25) is 0 Å². The third-order valence-corrected chi connectivity index (χ3v) is 3.98. The zero-order valence-corrected chi connectivity index (χ0v) is 18.0. The van der Waals surface area contributed by atoms with Gasteiger partial charge in [0.25, 0.3) is 0 Å². The second-order valence-corrected chi connectivity index (χ2v) is 6.59. The van der Waals surface area contributed by atoms with Crippen molar-refractivity contribution in [3.8, 4) is 11.8 Å². The summed E-state index contributed by atoms with van der Waals surface area (Å²) in [4.78, 5) is 7.47. The van der Waals surface area contributed by atoms with Crippen molar-refractivity contribution in [2.24, 2.45) is 10.7 Å². The Hall–Kier alpha value is -3.30. The van der Waals surface area contributed by atoms with Crippen LogP contribution in [0.3, 0.4) is 0 Å². The molecule has 0 bridgehead atoms. The van der Waals surface area contributed by atoms with E-state index in [2.05, 4.69) is 35.6 Å². The predicted molar refractivity (Wildman–Crippen MR) is 111 cm³/mol. The molecule has 32 heavy (non-hydrogen) atoms. The molecule has 0 aliphatic heterocycles. The van der Waals surface area contributed by atoms with Crippen molar-refractivity contribution in [1.82, 2.24) is 14.6 Å². The first-order valence-electron chi connectivity index (χ1n) is 9.33. The summed E-state index contributed by atoms with van der Waals surface area (Å²) in [5, 5.41) is 22.7. The summed E-state index contributed by atoms with van der Waals surface area (Å²) in [6.45, 7) is 7.75. The molecule has 2 aromatic heterocycles. The fourth-order valence-electron chi connectivity index (χ4n) is 2.32. The molecule has 0 fully saturated rings. The average molecular weight is 456 g/mol. The normalized spacial score (nSPS) is 14.6. The quantitative estimate of drug-likeness (QED) is 0.296. The van der Waals surface area contributed by atoms with E-state index < -0.39 is 29.0 Å². The monoisotopic (exact) mass is 456 g/mol. The zero-order valence-electron chi connectivity index (χ0n) is 18.0. The van der Waals surface area contributed by atoms with E-state index in [0.717, 1.165) is 30.0 Å². The molecular weight excluding hydrogens is 432 g/mol. The van der Waals surface area contributed by atoms with E-state index in [1.54, 1.807) is 6.07 Å². The van der Waals surface area contributed by atoms with Gasteiger partial charge in [0.2, 0.25) is 5.60 Å². The molecule has 8 nitrogen and oxygen atoms in total. The van der Waals surface area contributed by atoms with Gasteiger partial charge in [0.15, 0.2) is 11.5 Å². The van der Waals surface area contributed by atoms with Crippen LogP contribution in [0.4, 0.5) is 17.6 Å². The van der Waals surface area contributed by atoms with Crippen LogP contribution in [0.5, 0.6) is 5.75 Å². The largest absolute Gasteiger partial charge is 0.495 e. The van der Waals surface area contributed by atoms with Gasteiger partial charge in [-0.3, -0.25) is 4.99 Å². The Morgan fingerprint density at radius 2 is 2.03 bits per heavy atom. The summed E-state index contributed by atoms with van der Waals surface area (Å²) in [5.41, 5.74) is 0.376. The second-order valence-electron chi connectivity index (χ2n) is 6.59. The van der Waals surface area contributed by atoms with Crippen LogP contribution in [0.25, 0.3) is 11.3 Å². The van der Waals surface area contributed by atoms with Crippen molar-refractivity contribution >= 4 is 18.1 Å². The minimum Gasteiger partial charge on any atom is -0.495 e. The molecule has 0 saturated heterocycles. The van der Waals surface area contributed by atoms with Crippen LogP contribution in [0.15, 0.2) is 34.7 Å². The lowest BCUT2D eigenvalue weighted by atomic mass is 10.0. The molecular formula is C20H24F4N6O2. The highest BCUT2D eigenvalue weighted by molar-refractivity contribution is 5.71. The number of nitrogens with two attached hydrogens (primary N) is 1. The van der Waals surface area contributed by atoms with E-state index >= 15 is 0 Å². The Morgan fingerprint density at radius 3 is 2.47 bits per heavy atom. The van der Waals surface area contributed by atoms with Gasteiger partial charge in [-0.1, -0.05) is 20.3 Å². The molecule has 2 aromatic rings. The first kappa shape index (κ1) is 26.7. The highest BCUT2D eigenvalue weighted by atomic mass is 19.4. The number of ether oxygens (including phenoxy) is 1. The molecule has 1 unspecified atom stereocenters. The van der Waals surface area contributed by atoms with Gasteiger partial charge in [-0.05, 0) is 19.7 Å². The minimum atomic E-state index is -5.08. The van der Waals surface area contributed by atoms with Crippen molar-refractivity contribution in [2.45, 2.75) is 39.0 Å². The maximum Gasteiger partial charge on any atom is 0.422 e. The van der Waals surface area contributed by atoms with Gasteiger partial charge in [-0.15, -0.1) is 0 Å². The molecule has 0 aliphatic rings. The molecule has 0 aliphatic carbocycles. The van der Waals surface area contributed by atoms with Gasteiger partial charge in [0, 0.05) is 18.2 Å². The lowest BCUT2D eigenvalue weighted by molar-refractivity contribution is -0.261. The SMILES string of the molecule is C=N/C(=C(F)\C=C(\C#N)CN)c1cnc2cc(OC)c(C(C)(O)C(F)(F)F)nn12.CCC. The number of allylic oxidation sites excluding steroid dienone is 2. The van der Waals surface area contributed by atoms with Crippen LogP contribution in [0.1, 0.15) is 38.6 Å². The Labute approximate surface area is 182 Å². The van der Waals surface area contributed by atoms with Crippen LogP contribution >= 0.6 is 0 Å². The van der Waals surface area contributed by atoms with E-state index in [1.807, 2.05) is 0 Å². The van der Waals surface area contributed by atoms with Crippen molar-refractivity contribution in [3.63, 3.8) is 0 Å². The van der Waals surface area contributed by atoms with Crippen molar-refractivity contribution in [2.75, 3.05) is 13.7 Å². The second kappa shape index (κ2) is 10.8. The van der Waals surface area contributed by atoms with E-state index in [4.69, 9.17) is 15.7 Å². The Bertz CT molecular complexity index is 1060. The molecule has 1 atom stereocenters. The molecule has 0 amide bonds. The maximum absolute atomic E-state index is 14.6.